The van der Waals surface area contributed by atoms with Crippen LogP contribution in [0.25, 0.3) is 0 Å². The van der Waals surface area contributed by atoms with E-state index >= 15 is 0 Å². The number of nitrogens with one attached hydrogen (secondary N) is 1. The van der Waals surface area contributed by atoms with Gasteiger partial charge in [-0.25, -0.2) is 9.78 Å². The zero-order chi connectivity index (χ0) is 21.3. The molecule has 6 nitrogen and oxygen atoms in total. The minimum absolute atomic E-state index is 0.207. The molecule has 0 radical (unpaired) electrons. The number of esters is 2. The second-order valence-electron chi connectivity index (χ2n) is 6.55. The van der Waals surface area contributed by atoms with E-state index < -0.39 is 0 Å². The Morgan fingerprint density at radius 3 is 2.43 bits per heavy atom. The fourth-order valence-electron chi connectivity index (χ4n) is 2.95. The number of hydrogen-bond acceptors (Lipinski definition) is 7. The number of ether oxygens (including phenoxy) is 2. The second kappa shape index (κ2) is 10.5. The van der Waals surface area contributed by atoms with Gasteiger partial charge in [-0.1, -0.05) is 30.3 Å². The third kappa shape index (κ3) is 5.90. The fourth-order valence-corrected chi connectivity index (χ4v) is 3.97. The summed E-state index contributed by atoms with van der Waals surface area (Å²) in [5.41, 5.74) is 3.40. The molecule has 0 saturated heterocycles. The Bertz CT molecular complexity index is 984. The van der Waals surface area contributed by atoms with Gasteiger partial charge in [0.2, 0.25) is 0 Å². The van der Waals surface area contributed by atoms with E-state index in [2.05, 4.69) is 17.4 Å². The van der Waals surface area contributed by atoms with Crippen LogP contribution < -0.4 is 5.32 Å². The largest absolute Gasteiger partial charge is 0.466 e. The smallest absolute Gasteiger partial charge is 0.337 e. The molecule has 3 rings (SSSR count). The number of rotatable bonds is 9. The zero-order valence-electron chi connectivity index (χ0n) is 17.0. The number of benzene rings is 2. The first-order valence-corrected chi connectivity index (χ1v) is 10.5. The number of carbonyl (C=O) groups excluding carboxylic acids is 2. The average Bonchev–Trinajstić information content (AvgIpc) is 3.14. The fraction of sp³-hybridized carbons (Fsp3) is 0.261. The zero-order valence-corrected chi connectivity index (χ0v) is 17.8. The van der Waals surface area contributed by atoms with Crippen LogP contribution in [0, 0.1) is 0 Å². The first-order valence-electron chi connectivity index (χ1n) is 9.72. The predicted molar refractivity (Wildman–Crippen MR) is 117 cm³/mol. The monoisotopic (exact) mass is 424 g/mol. The Balaban J connectivity index is 1.75. The summed E-state index contributed by atoms with van der Waals surface area (Å²) in [6, 6.07) is 17.2. The van der Waals surface area contributed by atoms with Gasteiger partial charge < -0.3 is 14.8 Å². The molecule has 0 saturated carbocycles. The summed E-state index contributed by atoms with van der Waals surface area (Å²) in [6.45, 7) is 2.15. The van der Waals surface area contributed by atoms with Crippen LogP contribution in [0.4, 0.5) is 10.8 Å². The highest BCUT2D eigenvalue weighted by atomic mass is 32.1. The highest BCUT2D eigenvalue weighted by molar-refractivity contribution is 7.15. The summed E-state index contributed by atoms with van der Waals surface area (Å²) in [6.07, 6.45) is 1.78. The van der Waals surface area contributed by atoms with Crippen LogP contribution in [-0.4, -0.2) is 30.6 Å². The van der Waals surface area contributed by atoms with Gasteiger partial charge in [0.1, 0.15) is 0 Å². The Hall–Kier alpha value is -3.19. The number of aromatic nitrogens is 1. The summed E-state index contributed by atoms with van der Waals surface area (Å²) in [7, 11) is 1.35. The minimum Gasteiger partial charge on any atom is -0.466 e. The molecule has 1 aromatic heterocycles. The molecule has 0 fully saturated rings. The van der Waals surface area contributed by atoms with E-state index in [9.17, 15) is 9.59 Å². The van der Waals surface area contributed by atoms with Crippen molar-refractivity contribution < 1.29 is 19.1 Å². The number of carbonyl (C=O) groups is 2. The Labute approximate surface area is 179 Å². The molecule has 0 bridgehead atoms. The van der Waals surface area contributed by atoms with Crippen molar-refractivity contribution in [2.75, 3.05) is 19.0 Å². The van der Waals surface area contributed by atoms with Crippen molar-refractivity contribution in [2.24, 2.45) is 0 Å². The molecule has 0 aliphatic carbocycles. The van der Waals surface area contributed by atoms with E-state index in [0.29, 0.717) is 17.3 Å². The summed E-state index contributed by atoms with van der Waals surface area (Å²) in [5.74, 6) is -0.633. The summed E-state index contributed by atoms with van der Waals surface area (Å²) < 4.78 is 9.83. The number of thiazole rings is 1. The van der Waals surface area contributed by atoms with Crippen molar-refractivity contribution in [3.05, 3.63) is 76.3 Å². The quantitative estimate of drug-likeness (QED) is 0.507. The minimum atomic E-state index is -0.379. The molecule has 0 aliphatic rings. The Kier molecular flexibility index (Phi) is 7.57. The first kappa shape index (κ1) is 21.5. The van der Waals surface area contributed by atoms with Gasteiger partial charge in [0.05, 0.1) is 31.4 Å². The van der Waals surface area contributed by atoms with Gasteiger partial charge in [-0.15, -0.1) is 11.3 Å². The molecular formula is C23H24N2O4S. The summed E-state index contributed by atoms with van der Waals surface area (Å²) in [5, 5.41) is 3.95. The van der Waals surface area contributed by atoms with E-state index in [0.717, 1.165) is 29.1 Å². The van der Waals surface area contributed by atoms with Gasteiger partial charge in [-0.2, -0.15) is 0 Å². The lowest BCUT2D eigenvalue weighted by Crippen LogP contribution is -2.08. The predicted octanol–water partition coefficient (Wildman–Crippen LogP) is 4.56. The number of anilines is 2. The first-order chi connectivity index (χ1) is 14.6. The molecule has 30 heavy (non-hydrogen) atoms. The molecule has 0 aliphatic heterocycles. The van der Waals surface area contributed by atoms with Crippen LogP contribution in [0.3, 0.4) is 0 Å². The molecule has 0 spiro atoms. The number of aryl methyl sites for hydroxylation is 2. The SMILES string of the molecule is CCOC(=O)Cc1sc(Nc2ccc(C(=O)OC)cc2)nc1CCc1ccccc1. The molecule has 0 unspecified atom stereocenters. The van der Waals surface area contributed by atoms with E-state index in [4.69, 9.17) is 14.5 Å². The maximum absolute atomic E-state index is 12.0. The number of nitrogens with zero attached hydrogens (tertiary/aromatic N) is 1. The van der Waals surface area contributed by atoms with Crippen molar-refractivity contribution in [1.82, 2.24) is 4.98 Å². The van der Waals surface area contributed by atoms with Gasteiger partial charge in [-0.3, -0.25) is 4.79 Å². The molecule has 0 atom stereocenters. The molecule has 156 valence electrons. The van der Waals surface area contributed by atoms with Crippen molar-refractivity contribution in [2.45, 2.75) is 26.2 Å². The molecule has 0 amide bonds. The van der Waals surface area contributed by atoms with Crippen molar-refractivity contribution >= 4 is 34.1 Å². The second-order valence-corrected chi connectivity index (χ2v) is 7.63. The Morgan fingerprint density at radius 2 is 1.77 bits per heavy atom. The maximum atomic E-state index is 12.0. The van der Waals surface area contributed by atoms with Gasteiger partial charge in [0.15, 0.2) is 5.13 Å². The van der Waals surface area contributed by atoms with Crippen LogP contribution >= 0.6 is 11.3 Å². The van der Waals surface area contributed by atoms with Crippen molar-refractivity contribution in [3.8, 4) is 0 Å². The molecule has 1 heterocycles. The van der Waals surface area contributed by atoms with Crippen LogP contribution in [-0.2, 0) is 33.5 Å². The average molecular weight is 425 g/mol. The normalized spacial score (nSPS) is 10.5. The molecular weight excluding hydrogens is 400 g/mol. The lowest BCUT2D eigenvalue weighted by molar-refractivity contribution is -0.142. The third-order valence-corrected chi connectivity index (χ3v) is 5.45. The van der Waals surface area contributed by atoms with Crippen LogP contribution in [0.2, 0.25) is 0 Å². The number of methoxy groups -OCH3 is 1. The van der Waals surface area contributed by atoms with Crippen LogP contribution in [0.15, 0.2) is 54.6 Å². The van der Waals surface area contributed by atoms with E-state index in [1.165, 1.54) is 24.0 Å². The lowest BCUT2D eigenvalue weighted by Gasteiger charge is -2.04. The van der Waals surface area contributed by atoms with E-state index in [1.807, 2.05) is 18.2 Å². The van der Waals surface area contributed by atoms with Crippen molar-refractivity contribution in [3.63, 3.8) is 0 Å². The summed E-state index contributed by atoms with van der Waals surface area (Å²) in [4.78, 5) is 29.2. The van der Waals surface area contributed by atoms with E-state index in [1.54, 1.807) is 31.2 Å². The molecule has 3 aromatic rings. The maximum Gasteiger partial charge on any atom is 0.337 e. The summed E-state index contributed by atoms with van der Waals surface area (Å²) >= 11 is 1.44. The molecule has 1 N–H and O–H groups in total. The van der Waals surface area contributed by atoms with Crippen molar-refractivity contribution in [1.29, 1.82) is 0 Å². The standard InChI is InChI=1S/C23H24N2O4S/c1-3-29-21(26)15-20-19(14-9-16-7-5-4-6-8-16)25-23(30-20)24-18-12-10-17(11-13-18)22(27)28-2/h4-8,10-13H,3,9,14-15H2,1-2H3,(H,24,25). The van der Waals surface area contributed by atoms with Crippen LogP contribution in [0.1, 0.15) is 33.4 Å². The molecule has 2 aromatic carbocycles. The van der Waals surface area contributed by atoms with Gasteiger partial charge in [-0.05, 0) is 49.6 Å². The van der Waals surface area contributed by atoms with Gasteiger partial charge >= 0.3 is 11.9 Å². The van der Waals surface area contributed by atoms with E-state index in [-0.39, 0.29) is 18.4 Å². The third-order valence-electron chi connectivity index (χ3n) is 4.44. The number of hydrogen-bond donors (Lipinski definition) is 1. The highest BCUT2D eigenvalue weighted by Gasteiger charge is 2.16. The topological polar surface area (TPSA) is 77.5 Å². The Morgan fingerprint density at radius 1 is 1.03 bits per heavy atom. The molecule has 7 heteroatoms. The lowest BCUT2D eigenvalue weighted by atomic mass is 10.1. The van der Waals surface area contributed by atoms with Gasteiger partial charge in [0.25, 0.3) is 0 Å². The van der Waals surface area contributed by atoms with Gasteiger partial charge in [0, 0.05) is 10.6 Å². The highest BCUT2D eigenvalue weighted by Crippen LogP contribution is 2.28. The van der Waals surface area contributed by atoms with Crippen LogP contribution in [0.5, 0.6) is 0 Å².